The van der Waals surface area contributed by atoms with Gasteiger partial charge in [-0.3, -0.25) is 18.7 Å². The summed E-state index contributed by atoms with van der Waals surface area (Å²) < 4.78 is 5.44. The van der Waals surface area contributed by atoms with E-state index in [1.165, 1.54) is 34.6 Å². The highest BCUT2D eigenvalue weighted by Crippen LogP contribution is 2.31. The Morgan fingerprint density at radius 2 is 1.85 bits per heavy atom. The summed E-state index contributed by atoms with van der Waals surface area (Å²) >= 11 is 3.37. The predicted molar refractivity (Wildman–Crippen MR) is 101 cm³/mol. The Balaban J connectivity index is 0.000000137. The van der Waals surface area contributed by atoms with Crippen LogP contribution in [-0.2, 0) is 6.54 Å². The predicted octanol–water partition coefficient (Wildman–Crippen LogP) is 2.49. The Labute approximate surface area is 161 Å². The number of halogens is 1. The zero-order valence-electron chi connectivity index (χ0n) is 14.2. The molecule has 138 valence electrons. The molecule has 27 heavy (non-hydrogen) atoms. The van der Waals surface area contributed by atoms with Gasteiger partial charge in [0.05, 0.1) is 5.52 Å². The van der Waals surface area contributed by atoms with Crippen LogP contribution in [0.1, 0.15) is 12.8 Å². The lowest BCUT2D eigenvalue weighted by atomic mass is 10.4. The van der Waals surface area contributed by atoms with Crippen molar-refractivity contribution in [3.05, 3.63) is 64.7 Å². The molecule has 4 aromatic heterocycles. The number of H-pyrrole nitrogens is 1. The maximum absolute atomic E-state index is 11.7. The highest BCUT2D eigenvalue weighted by Gasteiger charge is 2.23. The molecular weight excluding hydrogens is 414 g/mol. The molecule has 0 radical (unpaired) electrons. The van der Waals surface area contributed by atoms with Crippen molar-refractivity contribution in [2.24, 2.45) is 5.92 Å². The second kappa shape index (κ2) is 7.31. The topological polar surface area (TPSA) is 103 Å². The SMILES string of the molecule is O=C(n1ccnc1)n1ccnc1.O=c1[nH]c2ncc(Br)cc2n1CC1CC1. The van der Waals surface area contributed by atoms with Gasteiger partial charge in [-0.05, 0) is 40.8 Å². The van der Waals surface area contributed by atoms with E-state index in [2.05, 4.69) is 35.9 Å². The van der Waals surface area contributed by atoms with Crippen molar-refractivity contribution >= 4 is 33.1 Å². The fourth-order valence-electron chi connectivity index (χ4n) is 2.63. The van der Waals surface area contributed by atoms with Gasteiger partial charge in [0, 0.05) is 42.0 Å². The van der Waals surface area contributed by atoms with Gasteiger partial charge in [0.25, 0.3) is 0 Å². The average molecular weight is 430 g/mol. The van der Waals surface area contributed by atoms with E-state index < -0.39 is 0 Å². The maximum atomic E-state index is 11.7. The third-order valence-corrected chi connectivity index (χ3v) is 4.62. The highest BCUT2D eigenvalue weighted by atomic mass is 79.9. The van der Waals surface area contributed by atoms with E-state index in [4.69, 9.17) is 0 Å². The summed E-state index contributed by atoms with van der Waals surface area (Å²) in [5, 5.41) is 0. The first-order valence-corrected chi connectivity index (χ1v) is 9.16. The first kappa shape index (κ1) is 17.4. The Hall–Kier alpha value is -3.01. The first-order chi connectivity index (χ1) is 13.1. The molecule has 4 heterocycles. The molecule has 1 N–H and O–H groups in total. The lowest BCUT2D eigenvalue weighted by molar-refractivity contribution is 0.244. The van der Waals surface area contributed by atoms with Gasteiger partial charge in [-0.25, -0.2) is 24.5 Å². The molecule has 0 spiro atoms. The number of pyridine rings is 1. The number of imidazole rings is 3. The van der Waals surface area contributed by atoms with E-state index in [-0.39, 0.29) is 11.7 Å². The van der Waals surface area contributed by atoms with Crippen LogP contribution >= 0.6 is 15.9 Å². The second-order valence-electron chi connectivity index (χ2n) is 6.23. The molecule has 0 aliphatic heterocycles. The number of carbonyl (C=O) groups is 1. The Bertz CT molecular complexity index is 1070. The molecule has 0 bridgehead atoms. The van der Waals surface area contributed by atoms with Gasteiger partial charge in [0.1, 0.15) is 12.7 Å². The van der Waals surface area contributed by atoms with E-state index in [0.29, 0.717) is 11.6 Å². The summed E-state index contributed by atoms with van der Waals surface area (Å²) in [6.45, 7) is 0.816. The third kappa shape index (κ3) is 3.90. The third-order valence-electron chi connectivity index (χ3n) is 4.18. The minimum Gasteiger partial charge on any atom is -0.290 e. The number of nitrogens with one attached hydrogen (secondary N) is 1. The number of aromatic amines is 1. The minimum atomic E-state index is -0.190. The van der Waals surface area contributed by atoms with Crippen LogP contribution in [0.25, 0.3) is 11.2 Å². The maximum Gasteiger partial charge on any atom is 0.338 e. The van der Waals surface area contributed by atoms with Crippen molar-refractivity contribution in [2.45, 2.75) is 19.4 Å². The number of nitrogens with zero attached hydrogens (tertiary/aromatic N) is 6. The van der Waals surface area contributed by atoms with E-state index >= 15 is 0 Å². The van der Waals surface area contributed by atoms with Gasteiger partial charge in [0.2, 0.25) is 0 Å². The van der Waals surface area contributed by atoms with Crippen molar-refractivity contribution in [3.63, 3.8) is 0 Å². The van der Waals surface area contributed by atoms with Gasteiger partial charge in [-0.2, -0.15) is 0 Å². The molecule has 5 rings (SSSR count). The number of carbonyl (C=O) groups excluding carboxylic acids is 1. The normalized spacial score (nSPS) is 13.4. The summed E-state index contributed by atoms with van der Waals surface area (Å²) in [5.74, 6) is 0.681. The first-order valence-electron chi connectivity index (χ1n) is 8.36. The van der Waals surface area contributed by atoms with Crippen LogP contribution in [0.15, 0.2) is 59.0 Å². The van der Waals surface area contributed by atoms with Crippen molar-refractivity contribution < 1.29 is 4.79 Å². The molecule has 1 saturated carbocycles. The van der Waals surface area contributed by atoms with Gasteiger partial charge in [0.15, 0.2) is 5.65 Å². The quantitative estimate of drug-likeness (QED) is 0.527. The standard InChI is InChI=1S/C10H10BrN3O.C7H6N4O/c11-7-3-8-9(12-4-7)13-10(15)14(8)5-6-1-2-6;12-7(10-3-1-8-5-10)11-4-2-9-6-11/h3-4,6H,1-2,5H2,(H,12,13,15);1-6H. The second-order valence-corrected chi connectivity index (χ2v) is 7.14. The number of aromatic nitrogens is 7. The van der Waals surface area contributed by atoms with Gasteiger partial charge in [-0.1, -0.05) is 0 Å². The molecule has 0 saturated heterocycles. The largest absolute Gasteiger partial charge is 0.338 e. The number of rotatable bonds is 2. The fraction of sp³-hybridized carbons (Fsp3) is 0.235. The molecule has 0 atom stereocenters. The lowest BCUT2D eigenvalue weighted by Crippen LogP contribution is -2.17. The lowest BCUT2D eigenvalue weighted by Gasteiger charge is -2.00. The summed E-state index contributed by atoms with van der Waals surface area (Å²) in [6, 6.07) is 1.74. The van der Waals surface area contributed by atoms with Crippen LogP contribution < -0.4 is 5.69 Å². The molecule has 1 aliphatic rings. The Morgan fingerprint density at radius 1 is 1.19 bits per heavy atom. The van der Waals surface area contributed by atoms with Crippen LogP contribution in [0.2, 0.25) is 0 Å². The Kier molecular flexibility index (Phi) is 4.71. The molecular formula is C17H16BrN7O2. The van der Waals surface area contributed by atoms with Crippen LogP contribution in [0, 0.1) is 5.92 Å². The summed E-state index contributed by atoms with van der Waals surface area (Å²) in [7, 11) is 0. The molecule has 1 fully saturated rings. The monoisotopic (exact) mass is 429 g/mol. The average Bonchev–Trinajstić information content (AvgIpc) is 3.09. The number of hydrogen-bond acceptors (Lipinski definition) is 5. The van der Waals surface area contributed by atoms with Crippen molar-refractivity contribution in [2.75, 3.05) is 0 Å². The van der Waals surface area contributed by atoms with Crippen LogP contribution in [0.4, 0.5) is 4.79 Å². The van der Waals surface area contributed by atoms with Crippen molar-refractivity contribution in [3.8, 4) is 0 Å². The van der Waals surface area contributed by atoms with Gasteiger partial charge < -0.3 is 0 Å². The summed E-state index contributed by atoms with van der Waals surface area (Å²) in [4.78, 5) is 37.5. The summed E-state index contributed by atoms with van der Waals surface area (Å²) in [5.41, 5.74) is 1.51. The molecule has 4 aromatic rings. The smallest absolute Gasteiger partial charge is 0.290 e. The van der Waals surface area contributed by atoms with E-state index in [0.717, 1.165) is 16.5 Å². The number of hydrogen-bond donors (Lipinski definition) is 1. The Morgan fingerprint density at radius 3 is 2.41 bits per heavy atom. The van der Waals surface area contributed by atoms with Crippen molar-refractivity contribution in [1.29, 1.82) is 0 Å². The molecule has 0 amide bonds. The zero-order valence-corrected chi connectivity index (χ0v) is 15.8. The summed E-state index contributed by atoms with van der Waals surface area (Å²) in [6.07, 6.45) is 13.3. The molecule has 1 aliphatic carbocycles. The van der Waals surface area contributed by atoms with E-state index in [1.807, 2.05) is 6.07 Å². The van der Waals surface area contributed by atoms with Gasteiger partial charge >= 0.3 is 11.7 Å². The van der Waals surface area contributed by atoms with Crippen LogP contribution in [-0.4, -0.2) is 39.7 Å². The van der Waals surface area contributed by atoms with E-state index in [1.54, 1.807) is 35.6 Å². The van der Waals surface area contributed by atoms with Crippen LogP contribution in [0.3, 0.4) is 0 Å². The fourth-order valence-corrected chi connectivity index (χ4v) is 2.95. The molecule has 10 heteroatoms. The number of fused-ring (bicyclic) bond motifs is 1. The van der Waals surface area contributed by atoms with Crippen molar-refractivity contribution in [1.82, 2.24) is 33.6 Å². The minimum absolute atomic E-state index is 0.0532. The highest BCUT2D eigenvalue weighted by molar-refractivity contribution is 9.10. The van der Waals surface area contributed by atoms with E-state index in [9.17, 15) is 9.59 Å². The molecule has 0 unspecified atom stereocenters. The van der Waals surface area contributed by atoms with Crippen LogP contribution in [0.5, 0.6) is 0 Å². The zero-order chi connectivity index (χ0) is 18.8. The molecule has 9 nitrogen and oxygen atoms in total. The van der Waals surface area contributed by atoms with Gasteiger partial charge in [-0.15, -0.1) is 0 Å². The molecule has 0 aromatic carbocycles.